The second-order valence-corrected chi connectivity index (χ2v) is 7.57. The van der Waals surface area contributed by atoms with Crippen LogP contribution in [-0.2, 0) is 11.2 Å². The van der Waals surface area contributed by atoms with E-state index in [1.807, 2.05) is 55.5 Å². The summed E-state index contributed by atoms with van der Waals surface area (Å²) in [6, 6.07) is 15.6. The van der Waals surface area contributed by atoms with Gasteiger partial charge in [-0.25, -0.2) is 4.98 Å². The highest BCUT2D eigenvalue weighted by atomic mass is 16.5. The number of nitrogens with two attached hydrogens (primary N) is 1. The number of benzene rings is 1. The van der Waals surface area contributed by atoms with E-state index in [1.165, 1.54) is 0 Å². The van der Waals surface area contributed by atoms with Crippen LogP contribution in [-0.4, -0.2) is 49.1 Å². The van der Waals surface area contributed by atoms with Crippen LogP contribution in [0, 0.1) is 6.92 Å². The molecule has 0 bridgehead atoms. The Morgan fingerprint density at radius 1 is 1.19 bits per heavy atom. The lowest BCUT2D eigenvalue weighted by Gasteiger charge is -2.29. The van der Waals surface area contributed by atoms with Gasteiger partial charge in [0.1, 0.15) is 0 Å². The number of aryl methyl sites for hydroxylation is 1. The number of rotatable bonds is 8. The molecule has 0 amide bonds. The third-order valence-corrected chi connectivity index (χ3v) is 5.11. The molecule has 0 radical (unpaired) electrons. The number of hydrogen-bond donors (Lipinski definition) is 2. The van der Waals surface area contributed by atoms with Gasteiger partial charge in [0.25, 0.3) is 0 Å². The number of morpholine rings is 1. The minimum Gasteiger partial charge on any atom is -0.477 e. The summed E-state index contributed by atoms with van der Waals surface area (Å²) in [5, 5.41) is 4.34. The molecule has 1 saturated heterocycles. The van der Waals surface area contributed by atoms with Crippen molar-refractivity contribution in [1.82, 2.24) is 9.97 Å². The van der Waals surface area contributed by atoms with Gasteiger partial charge in [0.15, 0.2) is 0 Å². The van der Waals surface area contributed by atoms with Crippen LogP contribution in [0.25, 0.3) is 0 Å². The number of nitrogens with zero attached hydrogens (tertiary/aromatic N) is 4. The van der Waals surface area contributed by atoms with E-state index < -0.39 is 0 Å². The predicted octanol–water partition coefficient (Wildman–Crippen LogP) is 3.27. The summed E-state index contributed by atoms with van der Waals surface area (Å²) >= 11 is 0. The fourth-order valence-corrected chi connectivity index (χ4v) is 3.40. The van der Waals surface area contributed by atoms with Crippen LogP contribution in [0.2, 0.25) is 0 Å². The molecule has 166 valence electrons. The molecule has 0 aliphatic carbocycles. The van der Waals surface area contributed by atoms with Crippen LogP contribution >= 0.6 is 0 Å². The quantitative estimate of drug-likeness (QED) is 0.320. The molecule has 0 spiro atoms. The monoisotopic (exact) mass is 432 g/mol. The molecule has 1 aliphatic rings. The molecule has 1 aromatic carbocycles. The number of hydrogen-bond acceptors (Lipinski definition) is 8. The van der Waals surface area contributed by atoms with Gasteiger partial charge in [-0.1, -0.05) is 12.1 Å². The molecule has 8 heteroatoms. The molecule has 2 aromatic heterocycles. The zero-order chi connectivity index (χ0) is 22.2. The zero-order valence-electron chi connectivity index (χ0n) is 18.2. The highest BCUT2D eigenvalue weighted by Gasteiger charge is 2.14. The first-order valence-corrected chi connectivity index (χ1v) is 10.7. The Balaban J connectivity index is 1.49. The molecule has 1 fully saturated rings. The maximum Gasteiger partial charge on any atom is 0.215 e. The normalized spacial score (nSPS) is 14.0. The number of ether oxygens (including phenoxy) is 2. The van der Waals surface area contributed by atoms with E-state index in [4.69, 9.17) is 15.2 Å². The molecule has 32 heavy (non-hydrogen) atoms. The molecule has 1 aliphatic heterocycles. The van der Waals surface area contributed by atoms with E-state index in [1.54, 1.807) is 12.4 Å². The summed E-state index contributed by atoms with van der Waals surface area (Å²) in [6.45, 7) is 5.56. The average Bonchev–Trinajstić information content (AvgIpc) is 2.82. The lowest BCUT2D eigenvalue weighted by atomic mass is 10.2. The Hall–Kier alpha value is -3.65. The summed E-state index contributed by atoms with van der Waals surface area (Å²) < 4.78 is 11.5. The number of pyridine rings is 2. The minimum atomic E-state index is 0.491. The van der Waals surface area contributed by atoms with Crippen molar-refractivity contribution in [2.75, 3.05) is 49.0 Å². The van der Waals surface area contributed by atoms with Crippen LogP contribution < -0.4 is 20.8 Å². The number of aromatic nitrogens is 2. The Bertz CT molecular complexity index is 1050. The van der Waals surface area contributed by atoms with Crippen LogP contribution in [0.15, 0.2) is 59.8 Å². The number of hydrazone groups is 1. The molecule has 0 saturated carbocycles. The molecule has 0 unspecified atom stereocenters. The average molecular weight is 433 g/mol. The van der Waals surface area contributed by atoms with Crippen molar-refractivity contribution in [3.8, 4) is 5.88 Å². The van der Waals surface area contributed by atoms with Crippen molar-refractivity contribution in [3.05, 3.63) is 71.7 Å². The smallest absolute Gasteiger partial charge is 0.215 e. The van der Waals surface area contributed by atoms with Crippen LogP contribution in [0.3, 0.4) is 0 Å². The van der Waals surface area contributed by atoms with Crippen molar-refractivity contribution >= 4 is 23.3 Å². The van der Waals surface area contributed by atoms with Gasteiger partial charge in [-0.2, -0.15) is 5.10 Å². The summed E-state index contributed by atoms with van der Waals surface area (Å²) in [5.41, 5.74) is 14.2. The summed E-state index contributed by atoms with van der Waals surface area (Å²) in [7, 11) is 0. The van der Waals surface area contributed by atoms with Gasteiger partial charge in [-0.15, -0.1) is 0 Å². The maximum absolute atomic E-state index is 6.02. The molecule has 4 rings (SSSR count). The van der Waals surface area contributed by atoms with Gasteiger partial charge in [0.2, 0.25) is 5.88 Å². The van der Waals surface area contributed by atoms with Gasteiger partial charge in [-0.3, -0.25) is 10.4 Å². The molecule has 3 N–H and O–H groups in total. The maximum atomic E-state index is 6.02. The van der Waals surface area contributed by atoms with E-state index in [9.17, 15) is 0 Å². The fraction of sp³-hybridized carbons (Fsp3) is 0.292. The lowest BCUT2D eigenvalue weighted by Crippen LogP contribution is -2.36. The van der Waals surface area contributed by atoms with Crippen molar-refractivity contribution < 1.29 is 9.47 Å². The molecule has 8 nitrogen and oxygen atoms in total. The Morgan fingerprint density at radius 3 is 2.88 bits per heavy atom. The zero-order valence-corrected chi connectivity index (χ0v) is 18.2. The standard InChI is InChI=1S/C24H28N6O2/c1-18-5-6-22(25)23(14-18)29-27-17-20-15-21(30-9-12-31-13-10-30)16-24(28-20)32-11-7-19-4-2-3-8-26-19/h2-6,8,14-17,29H,7,9-13,25H2,1H3/b27-17-. The fourth-order valence-electron chi connectivity index (χ4n) is 3.40. The third-order valence-electron chi connectivity index (χ3n) is 5.11. The molecule has 0 atom stereocenters. The van der Waals surface area contributed by atoms with Crippen molar-refractivity contribution in [2.45, 2.75) is 13.3 Å². The van der Waals surface area contributed by atoms with Crippen molar-refractivity contribution in [1.29, 1.82) is 0 Å². The van der Waals surface area contributed by atoms with Gasteiger partial charge < -0.3 is 20.1 Å². The summed E-state index contributed by atoms with van der Waals surface area (Å²) in [5.74, 6) is 0.557. The largest absolute Gasteiger partial charge is 0.477 e. The van der Waals surface area contributed by atoms with Crippen LogP contribution in [0.1, 0.15) is 17.0 Å². The van der Waals surface area contributed by atoms with Crippen LogP contribution in [0.4, 0.5) is 17.1 Å². The molecule has 3 heterocycles. The molecule has 3 aromatic rings. The van der Waals surface area contributed by atoms with E-state index in [2.05, 4.69) is 25.4 Å². The van der Waals surface area contributed by atoms with Gasteiger partial charge >= 0.3 is 0 Å². The van der Waals surface area contributed by atoms with Gasteiger partial charge in [0, 0.05) is 43.2 Å². The predicted molar refractivity (Wildman–Crippen MR) is 128 cm³/mol. The van der Waals surface area contributed by atoms with E-state index in [0.29, 0.717) is 43.5 Å². The lowest BCUT2D eigenvalue weighted by molar-refractivity contribution is 0.122. The first kappa shape index (κ1) is 21.6. The SMILES string of the molecule is Cc1ccc(N)c(N/N=C\c2cc(N3CCOCC3)cc(OCCc3ccccn3)n2)c1. The first-order chi connectivity index (χ1) is 15.7. The van der Waals surface area contributed by atoms with Gasteiger partial charge in [0.05, 0.1) is 43.1 Å². The highest BCUT2D eigenvalue weighted by Crippen LogP contribution is 2.23. The van der Waals surface area contributed by atoms with Gasteiger partial charge in [-0.05, 0) is 42.8 Å². The van der Waals surface area contributed by atoms with Crippen molar-refractivity contribution in [3.63, 3.8) is 0 Å². The first-order valence-electron chi connectivity index (χ1n) is 10.7. The highest BCUT2D eigenvalue weighted by molar-refractivity contribution is 5.80. The van der Waals surface area contributed by atoms with E-state index in [-0.39, 0.29) is 0 Å². The summed E-state index contributed by atoms with van der Waals surface area (Å²) in [4.78, 5) is 11.2. The Kier molecular flexibility index (Phi) is 7.14. The van der Waals surface area contributed by atoms with Crippen molar-refractivity contribution in [2.24, 2.45) is 5.10 Å². The molecular formula is C24H28N6O2. The Morgan fingerprint density at radius 2 is 2.06 bits per heavy atom. The van der Waals surface area contributed by atoms with Crippen LogP contribution in [0.5, 0.6) is 5.88 Å². The second-order valence-electron chi connectivity index (χ2n) is 7.57. The third kappa shape index (κ3) is 5.95. The number of anilines is 3. The Labute approximate surface area is 188 Å². The summed E-state index contributed by atoms with van der Waals surface area (Å²) in [6.07, 6.45) is 4.18. The minimum absolute atomic E-state index is 0.491. The van der Waals surface area contributed by atoms with E-state index in [0.717, 1.165) is 35.7 Å². The second kappa shape index (κ2) is 10.6. The number of nitrogen functional groups attached to an aromatic ring is 1. The topological polar surface area (TPSA) is 97.9 Å². The number of nitrogens with one attached hydrogen (secondary N) is 1. The molecular weight excluding hydrogens is 404 g/mol. The van der Waals surface area contributed by atoms with E-state index >= 15 is 0 Å².